The number of nitro benzene ring substituents is 1. The molecule has 0 bridgehead atoms. The van der Waals surface area contributed by atoms with Crippen molar-refractivity contribution in [2.24, 2.45) is 0 Å². The summed E-state index contributed by atoms with van der Waals surface area (Å²) in [7, 11) is 1.31. The zero-order valence-corrected chi connectivity index (χ0v) is 12.5. The van der Waals surface area contributed by atoms with Gasteiger partial charge in [0, 0.05) is 11.8 Å². The number of nitro groups is 1. The summed E-state index contributed by atoms with van der Waals surface area (Å²) < 4.78 is 42.6. The molecule has 2 rings (SSSR count). The second kappa shape index (κ2) is 6.81. The lowest BCUT2D eigenvalue weighted by Gasteiger charge is -2.08. The smallest absolute Gasteiger partial charge is 0.408 e. The number of methoxy groups -OCH3 is 1. The largest absolute Gasteiger partial charge is 0.490 e. The van der Waals surface area contributed by atoms with Crippen molar-refractivity contribution in [3.8, 4) is 5.75 Å². The summed E-state index contributed by atoms with van der Waals surface area (Å²) >= 11 is 0.945. The lowest BCUT2D eigenvalue weighted by Crippen LogP contribution is -2.19. The van der Waals surface area contributed by atoms with Gasteiger partial charge < -0.3 is 4.74 Å². The summed E-state index contributed by atoms with van der Waals surface area (Å²) in [5.74, 6) is 0.272. The van der Waals surface area contributed by atoms with Crippen LogP contribution in [0.2, 0.25) is 0 Å². The molecule has 0 saturated heterocycles. The summed E-state index contributed by atoms with van der Waals surface area (Å²) in [4.78, 5) is 10.3. The third-order valence-electron chi connectivity index (χ3n) is 2.64. The predicted molar refractivity (Wildman–Crippen MR) is 73.1 cm³/mol. The number of hydrogen-bond donors (Lipinski definition) is 0. The molecule has 1 aromatic carbocycles. The van der Waals surface area contributed by atoms with Gasteiger partial charge in [-0.15, -0.1) is 5.10 Å². The standard InChI is InChI=1S/C11H10F3N5O3S/c1-22-9-3-2-7(4-8(9)19(20)21)5-23-10-15-16-17-18(10)6-11(12,13)14/h2-4H,5-6H2,1H3. The maximum absolute atomic E-state index is 12.4. The monoisotopic (exact) mass is 349 g/mol. The molecule has 0 spiro atoms. The molecule has 8 nitrogen and oxygen atoms in total. The first-order valence-corrected chi connectivity index (χ1v) is 7.06. The van der Waals surface area contributed by atoms with E-state index >= 15 is 0 Å². The molecule has 1 heterocycles. The number of halogens is 3. The summed E-state index contributed by atoms with van der Waals surface area (Å²) in [6.45, 7) is -1.30. The molecule has 0 atom stereocenters. The average molecular weight is 349 g/mol. The Balaban J connectivity index is 2.11. The third kappa shape index (κ3) is 4.55. The SMILES string of the molecule is COc1ccc(CSc2nnnn2CC(F)(F)F)cc1[N+](=O)[O-]. The molecule has 0 aliphatic heterocycles. The molecular weight excluding hydrogens is 339 g/mol. The maximum atomic E-state index is 12.4. The van der Waals surface area contributed by atoms with Gasteiger partial charge in [-0.1, -0.05) is 17.8 Å². The van der Waals surface area contributed by atoms with Crippen LogP contribution in [0.25, 0.3) is 0 Å². The first-order chi connectivity index (χ1) is 10.8. The normalized spacial score (nSPS) is 11.5. The van der Waals surface area contributed by atoms with Crippen molar-refractivity contribution in [3.05, 3.63) is 33.9 Å². The number of aromatic nitrogens is 4. The lowest BCUT2D eigenvalue weighted by molar-refractivity contribution is -0.385. The number of tetrazole rings is 1. The van der Waals surface area contributed by atoms with E-state index in [2.05, 4.69) is 15.5 Å². The molecule has 0 N–H and O–H groups in total. The Morgan fingerprint density at radius 1 is 1.43 bits per heavy atom. The van der Waals surface area contributed by atoms with Crippen LogP contribution < -0.4 is 4.74 Å². The Morgan fingerprint density at radius 2 is 2.17 bits per heavy atom. The topological polar surface area (TPSA) is 96.0 Å². The zero-order chi connectivity index (χ0) is 17.0. The van der Waals surface area contributed by atoms with E-state index in [1.54, 1.807) is 6.07 Å². The molecule has 12 heteroatoms. The number of nitrogens with zero attached hydrogens (tertiary/aromatic N) is 5. The number of hydrogen-bond acceptors (Lipinski definition) is 7. The summed E-state index contributed by atoms with van der Waals surface area (Å²) in [6, 6.07) is 4.30. The van der Waals surface area contributed by atoms with Crippen molar-refractivity contribution in [3.63, 3.8) is 0 Å². The van der Waals surface area contributed by atoms with Crippen LogP contribution in [0.15, 0.2) is 23.4 Å². The van der Waals surface area contributed by atoms with E-state index in [4.69, 9.17) is 4.74 Å². The Hall–Kier alpha value is -2.37. The summed E-state index contributed by atoms with van der Waals surface area (Å²) in [5.41, 5.74) is 0.310. The second-order valence-corrected chi connectivity index (χ2v) is 5.23. The van der Waals surface area contributed by atoms with E-state index in [9.17, 15) is 23.3 Å². The number of benzene rings is 1. The Bertz CT molecular complexity index is 706. The van der Waals surface area contributed by atoms with Gasteiger partial charge in [0.15, 0.2) is 5.75 Å². The average Bonchev–Trinajstić information content (AvgIpc) is 2.89. The van der Waals surface area contributed by atoms with Crippen molar-refractivity contribution < 1.29 is 22.8 Å². The maximum Gasteiger partial charge on any atom is 0.408 e. The van der Waals surface area contributed by atoms with Gasteiger partial charge in [0.2, 0.25) is 5.16 Å². The summed E-state index contributed by atoms with van der Waals surface area (Å²) in [6.07, 6.45) is -4.44. The molecule has 0 fully saturated rings. The van der Waals surface area contributed by atoms with Gasteiger partial charge in [-0.05, 0) is 22.1 Å². The van der Waals surface area contributed by atoms with Crippen molar-refractivity contribution in [1.29, 1.82) is 0 Å². The van der Waals surface area contributed by atoms with Gasteiger partial charge in [0.25, 0.3) is 0 Å². The van der Waals surface area contributed by atoms with Gasteiger partial charge in [-0.3, -0.25) is 10.1 Å². The van der Waals surface area contributed by atoms with Gasteiger partial charge in [-0.2, -0.15) is 13.2 Å². The number of alkyl halides is 3. The molecule has 1 aromatic heterocycles. The van der Waals surface area contributed by atoms with Crippen LogP contribution in [0.5, 0.6) is 5.75 Å². The molecule has 0 amide bonds. The van der Waals surface area contributed by atoms with Crippen LogP contribution in [-0.2, 0) is 12.3 Å². The Labute approximate surface area is 131 Å². The minimum Gasteiger partial charge on any atom is -0.490 e. The number of ether oxygens (including phenoxy) is 1. The highest BCUT2D eigenvalue weighted by molar-refractivity contribution is 7.98. The highest BCUT2D eigenvalue weighted by Gasteiger charge is 2.30. The van der Waals surface area contributed by atoms with E-state index < -0.39 is 17.6 Å². The number of rotatable bonds is 6. The predicted octanol–water partition coefficient (Wildman–Crippen LogP) is 2.44. The Kier molecular flexibility index (Phi) is 5.03. The minimum atomic E-state index is -4.44. The van der Waals surface area contributed by atoms with Gasteiger partial charge in [-0.25, -0.2) is 4.68 Å². The highest BCUT2D eigenvalue weighted by Crippen LogP contribution is 2.30. The fourth-order valence-electron chi connectivity index (χ4n) is 1.68. The van der Waals surface area contributed by atoms with Crippen LogP contribution in [0.3, 0.4) is 0 Å². The van der Waals surface area contributed by atoms with Crippen molar-refractivity contribution in [2.75, 3.05) is 7.11 Å². The molecular formula is C11H10F3N5O3S. The van der Waals surface area contributed by atoms with Crippen LogP contribution in [0.1, 0.15) is 5.56 Å². The summed E-state index contributed by atoms with van der Waals surface area (Å²) in [5, 5.41) is 20.9. The minimum absolute atomic E-state index is 0.0270. The molecule has 124 valence electrons. The van der Waals surface area contributed by atoms with Crippen molar-refractivity contribution >= 4 is 17.4 Å². The second-order valence-electron chi connectivity index (χ2n) is 4.29. The first-order valence-electron chi connectivity index (χ1n) is 6.07. The van der Waals surface area contributed by atoms with E-state index in [-0.39, 0.29) is 22.3 Å². The van der Waals surface area contributed by atoms with Crippen molar-refractivity contribution in [1.82, 2.24) is 20.2 Å². The highest BCUT2D eigenvalue weighted by atomic mass is 32.2. The molecule has 0 saturated carbocycles. The van der Waals surface area contributed by atoms with Crippen LogP contribution in [-0.4, -0.2) is 38.4 Å². The van der Waals surface area contributed by atoms with Crippen LogP contribution >= 0.6 is 11.8 Å². The third-order valence-corrected chi connectivity index (χ3v) is 3.66. The van der Waals surface area contributed by atoms with Gasteiger partial charge in [0.1, 0.15) is 6.54 Å². The molecule has 0 unspecified atom stereocenters. The molecule has 0 aliphatic rings. The van der Waals surface area contributed by atoms with Crippen LogP contribution in [0.4, 0.5) is 18.9 Å². The number of thioether (sulfide) groups is 1. The fourth-order valence-corrected chi connectivity index (χ4v) is 2.50. The quantitative estimate of drug-likeness (QED) is 0.449. The Morgan fingerprint density at radius 3 is 2.78 bits per heavy atom. The van der Waals surface area contributed by atoms with E-state index in [0.717, 1.165) is 11.8 Å². The van der Waals surface area contributed by atoms with E-state index in [0.29, 0.717) is 10.2 Å². The molecule has 0 radical (unpaired) electrons. The fraction of sp³-hybridized carbons (Fsp3) is 0.364. The first kappa shape index (κ1) is 17.0. The molecule has 23 heavy (non-hydrogen) atoms. The lowest BCUT2D eigenvalue weighted by atomic mass is 10.2. The molecule has 0 aliphatic carbocycles. The van der Waals surface area contributed by atoms with Gasteiger partial charge in [0.05, 0.1) is 12.0 Å². The van der Waals surface area contributed by atoms with Crippen molar-refractivity contribution in [2.45, 2.75) is 23.6 Å². The van der Waals surface area contributed by atoms with Crippen LogP contribution in [0, 0.1) is 10.1 Å². The zero-order valence-electron chi connectivity index (χ0n) is 11.6. The van der Waals surface area contributed by atoms with E-state index in [1.807, 2.05) is 0 Å². The van der Waals surface area contributed by atoms with Gasteiger partial charge >= 0.3 is 11.9 Å². The van der Waals surface area contributed by atoms with E-state index in [1.165, 1.54) is 19.2 Å². The molecule has 2 aromatic rings.